The Labute approximate surface area is 115 Å². The van der Waals surface area contributed by atoms with Crippen molar-refractivity contribution in [2.45, 2.75) is 50.8 Å². The molecule has 0 N–H and O–H groups in total. The third-order valence-electron chi connectivity index (χ3n) is 5.45. The lowest BCUT2D eigenvalue weighted by Gasteiger charge is -2.57. The van der Waals surface area contributed by atoms with Crippen molar-refractivity contribution in [3.8, 4) is 0 Å². The molecule has 18 heavy (non-hydrogen) atoms. The molecule has 1 atom stereocenters. The molecule has 4 rings (SSSR count). The molecule has 0 aromatic heterocycles. The zero-order chi connectivity index (χ0) is 12.9. The molecule has 4 fully saturated rings. The molecule has 1 amide bonds. The van der Waals surface area contributed by atoms with E-state index in [1.807, 2.05) is 11.9 Å². The summed E-state index contributed by atoms with van der Waals surface area (Å²) in [6, 6.07) is 0. The average Bonchev–Trinajstić information content (AvgIpc) is 2.24. The van der Waals surface area contributed by atoms with Crippen molar-refractivity contribution in [3.05, 3.63) is 0 Å². The fourth-order valence-corrected chi connectivity index (χ4v) is 5.53. The standard InChI is InChI=1S/C15H24ClNO/c1-10(16)14(18)17(2)9-15-6-11-3-12(7-15)5-13(4-11)8-15/h10-13H,3-9H2,1-2H3. The molecule has 0 aromatic rings. The predicted octanol–water partition coefficient (Wildman–Crippen LogP) is 3.29. The first-order chi connectivity index (χ1) is 8.47. The van der Waals surface area contributed by atoms with E-state index in [1.165, 1.54) is 38.5 Å². The second-order valence-corrected chi connectivity index (χ2v) is 7.88. The Balaban J connectivity index is 1.70. The summed E-state index contributed by atoms with van der Waals surface area (Å²) >= 11 is 5.92. The van der Waals surface area contributed by atoms with Crippen molar-refractivity contribution >= 4 is 17.5 Å². The Morgan fingerprint density at radius 2 is 1.67 bits per heavy atom. The third kappa shape index (κ3) is 2.17. The minimum atomic E-state index is -0.385. The van der Waals surface area contributed by atoms with Gasteiger partial charge in [-0.2, -0.15) is 0 Å². The highest BCUT2D eigenvalue weighted by atomic mass is 35.5. The van der Waals surface area contributed by atoms with Gasteiger partial charge in [-0.25, -0.2) is 0 Å². The van der Waals surface area contributed by atoms with Crippen LogP contribution in [0.3, 0.4) is 0 Å². The summed E-state index contributed by atoms with van der Waals surface area (Å²) in [5.41, 5.74) is 0.435. The topological polar surface area (TPSA) is 20.3 Å². The van der Waals surface area contributed by atoms with E-state index in [0.29, 0.717) is 5.41 Å². The number of halogens is 1. The maximum Gasteiger partial charge on any atom is 0.240 e. The number of hydrogen-bond donors (Lipinski definition) is 0. The van der Waals surface area contributed by atoms with Crippen LogP contribution in [0.1, 0.15) is 45.4 Å². The van der Waals surface area contributed by atoms with Gasteiger partial charge in [-0.15, -0.1) is 11.6 Å². The lowest BCUT2D eigenvalue weighted by molar-refractivity contribution is -0.134. The number of alkyl halides is 1. The van der Waals surface area contributed by atoms with Crippen molar-refractivity contribution in [2.24, 2.45) is 23.2 Å². The van der Waals surface area contributed by atoms with Crippen molar-refractivity contribution in [1.29, 1.82) is 0 Å². The Kier molecular flexibility index (Phi) is 3.12. The maximum absolute atomic E-state index is 12.0. The Morgan fingerprint density at radius 1 is 1.22 bits per heavy atom. The van der Waals surface area contributed by atoms with Gasteiger partial charge in [0.15, 0.2) is 0 Å². The van der Waals surface area contributed by atoms with Crippen LogP contribution in [0, 0.1) is 23.2 Å². The van der Waals surface area contributed by atoms with E-state index >= 15 is 0 Å². The Bertz CT molecular complexity index is 317. The van der Waals surface area contributed by atoms with E-state index < -0.39 is 0 Å². The number of rotatable bonds is 3. The van der Waals surface area contributed by atoms with Crippen LogP contribution in [0.2, 0.25) is 0 Å². The van der Waals surface area contributed by atoms with Crippen LogP contribution in [0.4, 0.5) is 0 Å². The van der Waals surface area contributed by atoms with Gasteiger partial charge in [-0.05, 0) is 68.6 Å². The highest BCUT2D eigenvalue weighted by Crippen LogP contribution is 2.60. The normalized spacial score (nSPS) is 42.9. The van der Waals surface area contributed by atoms with Gasteiger partial charge in [0, 0.05) is 13.6 Å². The minimum Gasteiger partial charge on any atom is -0.344 e. The van der Waals surface area contributed by atoms with Gasteiger partial charge < -0.3 is 4.90 Å². The van der Waals surface area contributed by atoms with Crippen LogP contribution in [-0.4, -0.2) is 29.8 Å². The minimum absolute atomic E-state index is 0.0902. The summed E-state index contributed by atoms with van der Waals surface area (Å²) in [5, 5.41) is -0.385. The van der Waals surface area contributed by atoms with E-state index in [4.69, 9.17) is 11.6 Å². The summed E-state index contributed by atoms with van der Waals surface area (Å²) in [7, 11) is 1.93. The quantitative estimate of drug-likeness (QED) is 0.720. The maximum atomic E-state index is 12.0. The van der Waals surface area contributed by atoms with Gasteiger partial charge in [-0.1, -0.05) is 0 Å². The summed E-state index contributed by atoms with van der Waals surface area (Å²) in [6.07, 6.45) is 8.45. The lowest BCUT2D eigenvalue weighted by Crippen LogP contribution is -2.52. The molecule has 0 spiro atoms. The molecule has 0 saturated heterocycles. The molecule has 102 valence electrons. The van der Waals surface area contributed by atoms with E-state index in [2.05, 4.69) is 0 Å². The molecule has 4 aliphatic rings. The first kappa shape index (κ1) is 12.8. The first-order valence-corrected chi connectivity index (χ1v) is 7.80. The summed E-state index contributed by atoms with van der Waals surface area (Å²) in [4.78, 5) is 13.9. The first-order valence-electron chi connectivity index (χ1n) is 7.36. The summed E-state index contributed by atoms with van der Waals surface area (Å²) in [5.74, 6) is 2.95. The number of nitrogens with zero attached hydrogens (tertiary/aromatic N) is 1. The molecule has 4 aliphatic carbocycles. The molecule has 4 saturated carbocycles. The highest BCUT2D eigenvalue weighted by Gasteiger charge is 2.51. The van der Waals surface area contributed by atoms with Crippen molar-refractivity contribution in [1.82, 2.24) is 4.90 Å². The lowest BCUT2D eigenvalue weighted by atomic mass is 9.49. The SMILES string of the molecule is CC(Cl)C(=O)N(C)CC12CC3CC(CC(C3)C1)C2. The smallest absolute Gasteiger partial charge is 0.240 e. The average molecular weight is 270 g/mol. The molecule has 2 nitrogen and oxygen atoms in total. The van der Waals surface area contributed by atoms with Crippen LogP contribution < -0.4 is 0 Å². The fraction of sp³-hybridized carbons (Fsp3) is 0.933. The summed E-state index contributed by atoms with van der Waals surface area (Å²) < 4.78 is 0. The molecular weight excluding hydrogens is 246 g/mol. The molecule has 3 heteroatoms. The molecule has 0 radical (unpaired) electrons. The van der Waals surface area contributed by atoms with E-state index in [0.717, 1.165) is 24.3 Å². The second-order valence-electron chi connectivity index (χ2n) is 7.23. The number of amides is 1. The Morgan fingerprint density at radius 3 is 2.06 bits per heavy atom. The molecule has 1 unspecified atom stereocenters. The van der Waals surface area contributed by atoms with Crippen molar-refractivity contribution in [2.75, 3.05) is 13.6 Å². The van der Waals surface area contributed by atoms with Gasteiger partial charge in [0.2, 0.25) is 5.91 Å². The Hall–Kier alpha value is -0.240. The van der Waals surface area contributed by atoms with Gasteiger partial charge >= 0.3 is 0 Å². The predicted molar refractivity (Wildman–Crippen MR) is 73.6 cm³/mol. The van der Waals surface area contributed by atoms with Crippen LogP contribution in [-0.2, 0) is 4.79 Å². The van der Waals surface area contributed by atoms with Gasteiger partial charge in [0.05, 0.1) is 0 Å². The van der Waals surface area contributed by atoms with Crippen LogP contribution in [0.15, 0.2) is 0 Å². The number of hydrogen-bond acceptors (Lipinski definition) is 1. The fourth-order valence-electron chi connectivity index (χ4n) is 5.37. The second kappa shape index (κ2) is 4.40. The van der Waals surface area contributed by atoms with Crippen molar-refractivity contribution < 1.29 is 4.79 Å². The van der Waals surface area contributed by atoms with Crippen LogP contribution in [0.5, 0.6) is 0 Å². The molecular formula is C15H24ClNO. The monoisotopic (exact) mass is 269 g/mol. The largest absolute Gasteiger partial charge is 0.344 e. The highest BCUT2D eigenvalue weighted by molar-refractivity contribution is 6.30. The van der Waals surface area contributed by atoms with Gasteiger partial charge in [0.25, 0.3) is 0 Å². The van der Waals surface area contributed by atoms with Gasteiger partial charge in [-0.3, -0.25) is 4.79 Å². The third-order valence-corrected chi connectivity index (χ3v) is 5.64. The zero-order valence-electron chi connectivity index (χ0n) is 11.5. The number of carbonyl (C=O) groups is 1. The van der Waals surface area contributed by atoms with Crippen LogP contribution >= 0.6 is 11.6 Å². The molecule has 0 heterocycles. The van der Waals surface area contributed by atoms with Crippen molar-refractivity contribution in [3.63, 3.8) is 0 Å². The summed E-state index contributed by atoms with van der Waals surface area (Å²) in [6.45, 7) is 2.71. The zero-order valence-corrected chi connectivity index (χ0v) is 12.2. The molecule has 0 aromatic carbocycles. The van der Waals surface area contributed by atoms with Crippen LogP contribution in [0.25, 0.3) is 0 Å². The molecule has 0 aliphatic heterocycles. The number of carbonyl (C=O) groups excluding carboxylic acids is 1. The van der Waals surface area contributed by atoms with Gasteiger partial charge in [0.1, 0.15) is 5.38 Å². The van der Waals surface area contributed by atoms with E-state index in [1.54, 1.807) is 6.92 Å². The molecule has 4 bridgehead atoms. The van der Waals surface area contributed by atoms with E-state index in [-0.39, 0.29) is 11.3 Å². The van der Waals surface area contributed by atoms with E-state index in [9.17, 15) is 4.79 Å².